The minimum Gasteiger partial charge on any atom is -0.325 e. The number of benzene rings is 1. The van der Waals surface area contributed by atoms with Crippen molar-refractivity contribution < 1.29 is 9.72 Å². The summed E-state index contributed by atoms with van der Waals surface area (Å²) in [5, 5.41) is 15.5. The van der Waals surface area contributed by atoms with Gasteiger partial charge in [0.2, 0.25) is 5.91 Å². The number of aromatic nitrogens is 2. The number of rotatable bonds is 5. The van der Waals surface area contributed by atoms with Crippen molar-refractivity contribution >= 4 is 50.6 Å². The van der Waals surface area contributed by atoms with E-state index in [2.05, 4.69) is 15.3 Å². The summed E-state index contributed by atoms with van der Waals surface area (Å²) >= 11 is 2.46. The first-order chi connectivity index (χ1) is 11.9. The van der Waals surface area contributed by atoms with Gasteiger partial charge >= 0.3 is 0 Å². The van der Waals surface area contributed by atoms with E-state index in [1.807, 2.05) is 0 Å². The quantitative estimate of drug-likeness (QED) is 0.306. The van der Waals surface area contributed by atoms with Crippen LogP contribution in [-0.4, -0.2) is 26.0 Å². The molecule has 128 valence electrons. The van der Waals surface area contributed by atoms with E-state index in [9.17, 15) is 19.7 Å². The SMILES string of the molecule is CC(Sc1nc2sccc2c(=O)[nH]1)C(=O)Nc1cccc([N+](=O)[O-])c1. The number of fused-ring (bicyclic) bond motifs is 1. The van der Waals surface area contributed by atoms with Crippen LogP contribution in [-0.2, 0) is 4.79 Å². The molecule has 10 heteroatoms. The van der Waals surface area contributed by atoms with Crippen LogP contribution >= 0.6 is 23.1 Å². The predicted molar refractivity (Wildman–Crippen MR) is 97.3 cm³/mol. The fourth-order valence-electron chi connectivity index (χ4n) is 2.06. The second kappa shape index (κ2) is 7.03. The van der Waals surface area contributed by atoms with Crippen molar-refractivity contribution in [1.82, 2.24) is 9.97 Å². The maximum atomic E-state index is 12.3. The van der Waals surface area contributed by atoms with Crippen LogP contribution in [0, 0.1) is 10.1 Å². The highest BCUT2D eigenvalue weighted by Crippen LogP contribution is 2.24. The van der Waals surface area contributed by atoms with E-state index < -0.39 is 10.2 Å². The Balaban J connectivity index is 1.72. The molecule has 1 aromatic carbocycles. The van der Waals surface area contributed by atoms with Gasteiger partial charge in [0.05, 0.1) is 15.6 Å². The van der Waals surface area contributed by atoms with Gasteiger partial charge in [0, 0.05) is 17.8 Å². The summed E-state index contributed by atoms with van der Waals surface area (Å²) in [5.74, 6) is -0.348. The van der Waals surface area contributed by atoms with Crippen molar-refractivity contribution in [3.63, 3.8) is 0 Å². The smallest absolute Gasteiger partial charge is 0.271 e. The molecule has 0 aliphatic heterocycles. The van der Waals surface area contributed by atoms with E-state index in [-0.39, 0.29) is 17.2 Å². The first-order valence-electron chi connectivity index (χ1n) is 7.13. The Morgan fingerprint density at radius 3 is 3.00 bits per heavy atom. The molecule has 3 aromatic rings. The van der Waals surface area contributed by atoms with Crippen LogP contribution in [0.1, 0.15) is 6.92 Å². The lowest BCUT2D eigenvalue weighted by Crippen LogP contribution is -2.23. The molecule has 0 bridgehead atoms. The first-order valence-corrected chi connectivity index (χ1v) is 8.89. The Bertz CT molecular complexity index is 1010. The number of hydrogen-bond acceptors (Lipinski definition) is 7. The molecule has 0 radical (unpaired) electrons. The number of carbonyl (C=O) groups excluding carboxylic acids is 1. The normalized spacial score (nSPS) is 12.0. The monoisotopic (exact) mass is 376 g/mol. The number of aromatic amines is 1. The molecule has 0 saturated carbocycles. The first kappa shape index (κ1) is 17.1. The van der Waals surface area contributed by atoms with E-state index in [1.54, 1.807) is 24.4 Å². The predicted octanol–water partition coefficient (Wildman–Crippen LogP) is 3.01. The minimum atomic E-state index is -0.556. The van der Waals surface area contributed by atoms with Gasteiger partial charge in [-0.1, -0.05) is 17.8 Å². The number of nitro groups is 1. The van der Waals surface area contributed by atoms with Crippen LogP contribution in [0.2, 0.25) is 0 Å². The average molecular weight is 376 g/mol. The van der Waals surface area contributed by atoms with E-state index in [0.29, 0.717) is 21.1 Å². The van der Waals surface area contributed by atoms with Crippen molar-refractivity contribution in [3.8, 4) is 0 Å². The zero-order valence-electron chi connectivity index (χ0n) is 12.9. The number of nitrogens with one attached hydrogen (secondary N) is 2. The summed E-state index contributed by atoms with van der Waals surface area (Å²) in [5.41, 5.74) is -0.0193. The number of non-ortho nitro benzene ring substituents is 1. The second-order valence-electron chi connectivity index (χ2n) is 5.07. The number of thiophene rings is 1. The Kier molecular flexibility index (Phi) is 4.81. The van der Waals surface area contributed by atoms with E-state index >= 15 is 0 Å². The van der Waals surface area contributed by atoms with Crippen LogP contribution < -0.4 is 10.9 Å². The van der Waals surface area contributed by atoms with E-state index in [1.165, 1.54) is 29.5 Å². The fourth-order valence-corrected chi connectivity index (χ4v) is 3.68. The highest BCUT2D eigenvalue weighted by molar-refractivity contribution is 8.00. The van der Waals surface area contributed by atoms with Crippen molar-refractivity contribution in [2.45, 2.75) is 17.3 Å². The van der Waals surface area contributed by atoms with Gasteiger partial charge in [-0.15, -0.1) is 11.3 Å². The number of nitrogens with zero attached hydrogens (tertiary/aromatic N) is 2. The molecule has 1 amide bonds. The lowest BCUT2D eigenvalue weighted by atomic mass is 10.2. The molecule has 0 aliphatic rings. The molecular formula is C15H12N4O4S2. The van der Waals surface area contributed by atoms with E-state index in [4.69, 9.17) is 0 Å². The number of thioether (sulfide) groups is 1. The summed E-state index contributed by atoms with van der Waals surface area (Å²) in [6.45, 7) is 1.66. The molecule has 3 rings (SSSR count). The molecule has 0 spiro atoms. The molecule has 0 saturated heterocycles. The number of anilines is 1. The van der Waals surface area contributed by atoms with Gasteiger partial charge in [0.25, 0.3) is 11.2 Å². The van der Waals surface area contributed by atoms with Gasteiger partial charge in [-0.25, -0.2) is 4.98 Å². The standard InChI is InChI=1S/C15H12N4O4S2/c1-8(12(20)16-9-3-2-4-10(7-9)19(22)23)25-15-17-13(21)11-5-6-24-14(11)18-15/h2-8H,1H3,(H,16,20)(H,17,18,21). The number of carbonyl (C=O) groups is 1. The number of H-pyrrole nitrogens is 1. The summed E-state index contributed by atoms with van der Waals surface area (Å²) < 4.78 is 0. The maximum absolute atomic E-state index is 12.3. The topological polar surface area (TPSA) is 118 Å². The lowest BCUT2D eigenvalue weighted by Gasteiger charge is -2.11. The van der Waals surface area contributed by atoms with Gasteiger partial charge in [-0.3, -0.25) is 19.7 Å². The van der Waals surface area contributed by atoms with Gasteiger partial charge in [0.1, 0.15) is 4.83 Å². The number of amides is 1. The highest BCUT2D eigenvalue weighted by atomic mass is 32.2. The summed E-state index contributed by atoms with van der Waals surface area (Å²) in [6.07, 6.45) is 0. The molecule has 2 aromatic heterocycles. The van der Waals surface area contributed by atoms with E-state index in [0.717, 1.165) is 11.8 Å². The number of hydrogen-bond donors (Lipinski definition) is 2. The molecule has 8 nitrogen and oxygen atoms in total. The highest BCUT2D eigenvalue weighted by Gasteiger charge is 2.18. The van der Waals surface area contributed by atoms with Crippen LogP contribution in [0.3, 0.4) is 0 Å². The molecular weight excluding hydrogens is 364 g/mol. The van der Waals surface area contributed by atoms with Gasteiger partial charge in [-0.05, 0) is 24.4 Å². The third-order valence-corrected chi connectivity index (χ3v) is 5.09. The third kappa shape index (κ3) is 3.86. The molecule has 0 fully saturated rings. The van der Waals surface area contributed by atoms with Crippen molar-refractivity contribution in [3.05, 3.63) is 56.2 Å². The van der Waals surface area contributed by atoms with Crippen LogP contribution in [0.5, 0.6) is 0 Å². The van der Waals surface area contributed by atoms with Crippen LogP contribution in [0.25, 0.3) is 10.2 Å². The van der Waals surface area contributed by atoms with Crippen molar-refractivity contribution in [1.29, 1.82) is 0 Å². The minimum absolute atomic E-state index is 0.104. The molecule has 1 unspecified atom stereocenters. The third-order valence-electron chi connectivity index (χ3n) is 3.30. The van der Waals surface area contributed by atoms with Crippen molar-refractivity contribution in [2.24, 2.45) is 0 Å². The molecule has 2 heterocycles. The molecule has 0 aliphatic carbocycles. The molecule has 2 N–H and O–H groups in total. The summed E-state index contributed by atoms with van der Waals surface area (Å²) in [4.78, 5) is 42.0. The van der Waals surface area contributed by atoms with Gasteiger partial charge < -0.3 is 10.3 Å². The lowest BCUT2D eigenvalue weighted by molar-refractivity contribution is -0.384. The zero-order chi connectivity index (χ0) is 18.0. The fraction of sp³-hybridized carbons (Fsp3) is 0.133. The van der Waals surface area contributed by atoms with Crippen molar-refractivity contribution in [2.75, 3.05) is 5.32 Å². The largest absolute Gasteiger partial charge is 0.325 e. The molecule has 25 heavy (non-hydrogen) atoms. The Morgan fingerprint density at radius 2 is 2.24 bits per heavy atom. The number of nitro benzene ring substituents is 1. The summed E-state index contributed by atoms with van der Waals surface area (Å²) in [6, 6.07) is 7.39. The van der Waals surface area contributed by atoms with Crippen LogP contribution in [0.15, 0.2) is 45.7 Å². The van der Waals surface area contributed by atoms with Crippen LogP contribution in [0.4, 0.5) is 11.4 Å². The Hall–Kier alpha value is -2.72. The Morgan fingerprint density at radius 1 is 1.44 bits per heavy atom. The van der Waals surface area contributed by atoms with Gasteiger partial charge in [0.15, 0.2) is 5.16 Å². The maximum Gasteiger partial charge on any atom is 0.271 e. The van der Waals surface area contributed by atoms with Gasteiger partial charge in [-0.2, -0.15) is 0 Å². The molecule has 1 atom stereocenters. The average Bonchev–Trinajstić information content (AvgIpc) is 3.04. The second-order valence-corrected chi connectivity index (χ2v) is 7.29. The zero-order valence-corrected chi connectivity index (χ0v) is 14.5. The summed E-state index contributed by atoms with van der Waals surface area (Å²) in [7, 11) is 0. The Labute approximate surface area is 149 Å².